The van der Waals surface area contributed by atoms with Crippen molar-refractivity contribution in [3.05, 3.63) is 45.4 Å². The van der Waals surface area contributed by atoms with Crippen molar-refractivity contribution >= 4 is 38.8 Å². The van der Waals surface area contributed by atoms with Crippen molar-refractivity contribution in [1.29, 1.82) is 0 Å². The molecule has 1 aliphatic heterocycles. The first-order valence-electron chi connectivity index (χ1n) is 7.99. The Kier molecular flexibility index (Phi) is 4.30. The van der Waals surface area contributed by atoms with Gasteiger partial charge in [-0.2, -0.15) is 0 Å². The fourth-order valence-corrected chi connectivity index (χ4v) is 5.10. The van der Waals surface area contributed by atoms with Gasteiger partial charge < -0.3 is 5.73 Å². The van der Waals surface area contributed by atoms with Crippen molar-refractivity contribution in [2.45, 2.75) is 25.3 Å². The van der Waals surface area contributed by atoms with Crippen molar-refractivity contribution < 1.29 is 4.79 Å². The van der Waals surface area contributed by atoms with Gasteiger partial charge in [-0.15, -0.1) is 22.7 Å². The van der Waals surface area contributed by atoms with E-state index in [4.69, 9.17) is 5.73 Å². The second kappa shape index (κ2) is 6.58. The third-order valence-electron chi connectivity index (χ3n) is 4.59. The molecule has 7 heteroatoms. The topological polar surface area (TPSA) is 72.1 Å². The number of amides is 1. The van der Waals surface area contributed by atoms with Crippen LogP contribution in [0.25, 0.3) is 10.2 Å². The summed E-state index contributed by atoms with van der Waals surface area (Å²) in [6.45, 7) is 2.93. The quantitative estimate of drug-likeness (QED) is 0.777. The summed E-state index contributed by atoms with van der Waals surface area (Å²) in [6, 6.07) is 3.99. The highest BCUT2D eigenvalue weighted by molar-refractivity contribution is 7.20. The molecule has 0 spiro atoms. The second-order valence-electron chi connectivity index (χ2n) is 6.10. The summed E-state index contributed by atoms with van der Waals surface area (Å²) in [7, 11) is 0. The van der Waals surface area contributed by atoms with Crippen LogP contribution in [0.4, 0.5) is 0 Å². The molecule has 4 rings (SSSR count). The van der Waals surface area contributed by atoms with Crippen LogP contribution in [0.5, 0.6) is 0 Å². The van der Waals surface area contributed by atoms with Crippen LogP contribution < -0.4 is 5.73 Å². The summed E-state index contributed by atoms with van der Waals surface area (Å²) in [5.41, 5.74) is 9.76. The van der Waals surface area contributed by atoms with Crippen LogP contribution in [-0.4, -0.2) is 33.9 Å². The van der Waals surface area contributed by atoms with Crippen molar-refractivity contribution in [3.8, 4) is 0 Å². The average molecular weight is 358 g/mol. The van der Waals surface area contributed by atoms with E-state index in [1.165, 1.54) is 11.3 Å². The molecule has 1 saturated heterocycles. The molecule has 3 aromatic rings. The van der Waals surface area contributed by atoms with Crippen LogP contribution in [0, 0.1) is 0 Å². The van der Waals surface area contributed by atoms with E-state index in [1.54, 1.807) is 17.5 Å². The number of nitrogens with two attached hydrogens (primary N) is 1. The van der Waals surface area contributed by atoms with Gasteiger partial charge in [0.15, 0.2) is 0 Å². The van der Waals surface area contributed by atoms with Crippen LogP contribution >= 0.6 is 22.7 Å². The van der Waals surface area contributed by atoms with Crippen molar-refractivity contribution in [2.75, 3.05) is 13.1 Å². The van der Waals surface area contributed by atoms with Crippen LogP contribution in [0.2, 0.25) is 0 Å². The van der Waals surface area contributed by atoms with Crippen LogP contribution in [0.3, 0.4) is 0 Å². The highest BCUT2D eigenvalue weighted by Gasteiger charge is 2.28. The Bertz CT molecular complexity index is 851. The summed E-state index contributed by atoms with van der Waals surface area (Å²) in [5, 5.41) is 3.20. The molecule has 24 heavy (non-hydrogen) atoms. The van der Waals surface area contributed by atoms with Gasteiger partial charge in [0, 0.05) is 23.5 Å². The number of carbonyl (C=O) groups excluding carboxylic acids is 1. The first-order valence-corrected chi connectivity index (χ1v) is 9.75. The molecule has 0 atom stereocenters. The van der Waals surface area contributed by atoms with Crippen molar-refractivity contribution in [1.82, 2.24) is 14.9 Å². The minimum absolute atomic E-state index is 0.335. The lowest BCUT2D eigenvalue weighted by atomic mass is 9.87. The fraction of sp³-hybridized carbons (Fsp3) is 0.353. The molecule has 2 N–H and O–H groups in total. The van der Waals surface area contributed by atoms with Crippen molar-refractivity contribution in [2.24, 2.45) is 5.73 Å². The Balaban J connectivity index is 1.56. The molecule has 4 heterocycles. The Morgan fingerprint density at radius 3 is 2.88 bits per heavy atom. The average Bonchev–Trinajstić information content (AvgIpc) is 3.23. The summed E-state index contributed by atoms with van der Waals surface area (Å²) in [4.78, 5) is 24.7. The summed E-state index contributed by atoms with van der Waals surface area (Å²) < 4.78 is 0. The number of piperidine rings is 1. The number of aromatic nitrogens is 2. The second-order valence-corrected chi connectivity index (χ2v) is 7.81. The van der Waals surface area contributed by atoms with E-state index >= 15 is 0 Å². The van der Waals surface area contributed by atoms with Crippen molar-refractivity contribution in [3.63, 3.8) is 0 Å². The molecule has 5 nitrogen and oxygen atoms in total. The van der Waals surface area contributed by atoms with Gasteiger partial charge in [0.1, 0.15) is 4.83 Å². The number of nitrogens with zero attached hydrogens (tertiary/aromatic N) is 3. The van der Waals surface area contributed by atoms with Gasteiger partial charge in [-0.25, -0.2) is 9.97 Å². The van der Waals surface area contributed by atoms with E-state index in [-0.39, 0.29) is 5.91 Å². The Labute approximate surface area is 148 Å². The standard InChI is InChI=1S/C17H18N4OS2/c18-16(22)15-14(13-2-1-5-19-17(13)24-15)11-3-6-21(7-4-11)8-12-9-23-10-20-12/h1-2,5,9-11H,3-4,6-8H2,(H2,18,22). The molecule has 0 aliphatic carbocycles. The molecule has 3 aromatic heterocycles. The molecule has 0 aromatic carbocycles. The number of hydrogen-bond acceptors (Lipinski definition) is 6. The maximum absolute atomic E-state index is 11.9. The first-order chi connectivity index (χ1) is 11.7. The Hall–Kier alpha value is -1.83. The number of likely N-dealkylation sites (tertiary alicyclic amines) is 1. The van der Waals surface area contributed by atoms with Gasteiger partial charge in [-0.05, 0) is 43.5 Å². The fourth-order valence-electron chi connectivity index (χ4n) is 3.46. The molecule has 1 fully saturated rings. The first kappa shape index (κ1) is 15.7. The van der Waals surface area contributed by atoms with E-state index in [9.17, 15) is 4.79 Å². The molecule has 1 aliphatic rings. The smallest absolute Gasteiger partial charge is 0.259 e. The summed E-state index contributed by atoms with van der Waals surface area (Å²) in [5.74, 6) is 0.0371. The third kappa shape index (κ3) is 2.94. The lowest BCUT2D eigenvalue weighted by molar-refractivity contribution is 0.100. The molecule has 0 radical (unpaired) electrons. The zero-order valence-electron chi connectivity index (χ0n) is 13.1. The lowest BCUT2D eigenvalue weighted by Crippen LogP contribution is -2.33. The Morgan fingerprint density at radius 2 is 2.17 bits per heavy atom. The van der Waals surface area contributed by atoms with Crippen LogP contribution in [0.15, 0.2) is 29.2 Å². The number of pyridine rings is 1. The van der Waals surface area contributed by atoms with E-state index in [0.717, 1.165) is 53.9 Å². The third-order valence-corrected chi connectivity index (χ3v) is 6.37. The van der Waals surface area contributed by atoms with Gasteiger partial charge in [0.25, 0.3) is 5.91 Å². The number of thiophene rings is 1. The molecule has 1 amide bonds. The lowest BCUT2D eigenvalue weighted by Gasteiger charge is -2.31. The van der Waals surface area contributed by atoms with E-state index in [2.05, 4.69) is 26.3 Å². The maximum atomic E-state index is 11.9. The minimum atomic E-state index is -0.335. The number of hydrogen-bond donors (Lipinski definition) is 1. The van der Waals surface area contributed by atoms with Gasteiger partial charge >= 0.3 is 0 Å². The largest absolute Gasteiger partial charge is 0.365 e. The molecule has 0 unspecified atom stereocenters. The van der Waals surface area contributed by atoms with Gasteiger partial charge in [-0.1, -0.05) is 6.07 Å². The van der Waals surface area contributed by atoms with Crippen LogP contribution in [-0.2, 0) is 6.54 Å². The number of primary amides is 1. The summed E-state index contributed by atoms with van der Waals surface area (Å²) >= 11 is 3.06. The van der Waals surface area contributed by atoms with Gasteiger partial charge in [0.2, 0.25) is 0 Å². The predicted molar refractivity (Wildman–Crippen MR) is 97.5 cm³/mol. The van der Waals surface area contributed by atoms with Gasteiger partial charge in [-0.3, -0.25) is 9.69 Å². The molecule has 124 valence electrons. The van der Waals surface area contributed by atoms with E-state index < -0.39 is 0 Å². The normalized spacial score (nSPS) is 16.7. The van der Waals surface area contributed by atoms with Gasteiger partial charge in [0.05, 0.1) is 16.1 Å². The van der Waals surface area contributed by atoms with Crippen LogP contribution in [0.1, 0.15) is 39.7 Å². The number of fused-ring (bicyclic) bond motifs is 1. The highest BCUT2D eigenvalue weighted by Crippen LogP contribution is 2.39. The highest BCUT2D eigenvalue weighted by atomic mass is 32.1. The zero-order valence-corrected chi connectivity index (χ0v) is 14.8. The maximum Gasteiger partial charge on any atom is 0.259 e. The van der Waals surface area contributed by atoms with E-state index in [1.807, 2.05) is 11.6 Å². The minimum Gasteiger partial charge on any atom is -0.365 e. The SMILES string of the molecule is NC(=O)c1sc2ncccc2c1C1CCN(Cc2cscn2)CC1. The number of rotatable bonds is 4. The Morgan fingerprint density at radius 1 is 1.33 bits per heavy atom. The molecular formula is C17H18N4OS2. The molecule has 0 bridgehead atoms. The summed E-state index contributed by atoms with van der Waals surface area (Å²) in [6.07, 6.45) is 3.83. The van der Waals surface area contributed by atoms with E-state index in [0.29, 0.717) is 10.8 Å². The number of carbonyl (C=O) groups is 1. The zero-order chi connectivity index (χ0) is 16.5. The number of thiazole rings is 1. The molecule has 0 saturated carbocycles. The monoisotopic (exact) mass is 358 g/mol. The predicted octanol–water partition coefficient (Wildman–Crippen LogP) is 3.23. The molecular weight excluding hydrogens is 340 g/mol.